The van der Waals surface area contributed by atoms with Gasteiger partial charge in [-0.3, -0.25) is 0 Å². The second-order valence-corrected chi connectivity index (χ2v) is 7.84. The number of rotatable bonds is 7. The maximum absolute atomic E-state index is 4.44. The lowest BCUT2D eigenvalue weighted by Crippen LogP contribution is -2.31. The normalized spacial score (nSPS) is 17.8. The van der Waals surface area contributed by atoms with Crippen molar-refractivity contribution in [1.29, 1.82) is 0 Å². The number of nitrogens with one attached hydrogen (secondary N) is 1. The van der Waals surface area contributed by atoms with Crippen molar-refractivity contribution in [2.45, 2.75) is 39.7 Å². The molecular weight excluding hydrogens is 336 g/mol. The van der Waals surface area contributed by atoms with Crippen LogP contribution in [0.1, 0.15) is 42.8 Å². The van der Waals surface area contributed by atoms with Crippen LogP contribution < -0.4 is 5.32 Å². The number of aryl methyl sites for hydroxylation is 1. The maximum atomic E-state index is 4.44. The Morgan fingerprint density at radius 1 is 1.07 bits per heavy atom. The van der Waals surface area contributed by atoms with E-state index in [9.17, 15) is 0 Å². The molecule has 0 bridgehead atoms. The summed E-state index contributed by atoms with van der Waals surface area (Å²) in [5.41, 5.74) is 4.46. The molecule has 0 radical (unpaired) electrons. The quantitative estimate of drug-likeness (QED) is 0.759. The largest absolute Gasteiger partial charge is 0.309 e. The second-order valence-electron chi connectivity index (χ2n) is 7.84. The molecule has 1 saturated heterocycles. The smallest absolute Gasteiger partial charge is 0.103 e. The molecule has 0 saturated carbocycles. The Hall–Kier alpha value is -1.76. The van der Waals surface area contributed by atoms with Gasteiger partial charge in [-0.15, -0.1) is 5.10 Å². The van der Waals surface area contributed by atoms with Crippen molar-refractivity contribution in [3.63, 3.8) is 0 Å². The van der Waals surface area contributed by atoms with Gasteiger partial charge in [0.05, 0.1) is 17.4 Å². The molecule has 0 amide bonds. The molecule has 1 unspecified atom stereocenters. The highest BCUT2D eigenvalue weighted by Gasteiger charge is 2.16. The van der Waals surface area contributed by atoms with Gasteiger partial charge < -0.3 is 15.1 Å². The molecule has 27 heavy (non-hydrogen) atoms. The Morgan fingerprint density at radius 2 is 1.85 bits per heavy atom. The standard InChI is InChI=1S/C21H34N6/c1-17-7-9-20(10-8-17)27-19(3)21(23-24-27)18(2)22-11-5-13-26-14-6-12-25(4)15-16-26/h7-10,18,22H,5-6,11-16H2,1-4H3. The molecule has 1 N–H and O–H groups in total. The van der Waals surface area contributed by atoms with E-state index in [1.54, 1.807) is 0 Å². The van der Waals surface area contributed by atoms with Crippen LogP contribution in [-0.4, -0.2) is 71.1 Å². The van der Waals surface area contributed by atoms with E-state index in [1.807, 2.05) is 4.68 Å². The third kappa shape index (κ3) is 5.37. The highest BCUT2D eigenvalue weighted by Crippen LogP contribution is 2.18. The Kier molecular flexibility index (Phi) is 6.99. The number of nitrogens with zero attached hydrogens (tertiary/aromatic N) is 5. The maximum Gasteiger partial charge on any atom is 0.103 e. The lowest BCUT2D eigenvalue weighted by Gasteiger charge is -2.20. The Labute approximate surface area is 163 Å². The molecule has 2 aromatic rings. The predicted octanol–water partition coefficient (Wildman–Crippen LogP) is 2.56. The average Bonchev–Trinajstić information content (AvgIpc) is 2.91. The van der Waals surface area contributed by atoms with Crippen molar-refractivity contribution in [2.75, 3.05) is 46.3 Å². The molecule has 1 aliphatic heterocycles. The first-order valence-electron chi connectivity index (χ1n) is 10.2. The van der Waals surface area contributed by atoms with Crippen LogP contribution in [0.4, 0.5) is 0 Å². The van der Waals surface area contributed by atoms with E-state index in [4.69, 9.17) is 0 Å². The first-order valence-corrected chi connectivity index (χ1v) is 10.2. The zero-order valence-electron chi connectivity index (χ0n) is 17.3. The first-order chi connectivity index (χ1) is 13.0. The summed E-state index contributed by atoms with van der Waals surface area (Å²) in [6.07, 6.45) is 2.45. The molecule has 3 rings (SSSR count). The summed E-state index contributed by atoms with van der Waals surface area (Å²) >= 11 is 0. The average molecular weight is 371 g/mol. The van der Waals surface area contributed by atoms with Gasteiger partial charge in [0.1, 0.15) is 5.69 Å². The molecule has 6 heteroatoms. The van der Waals surface area contributed by atoms with Gasteiger partial charge in [0.2, 0.25) is 0 Å². The van der Waals surface area contributed by atoms with E-state index < -0.39 is 0 Å². The van der Waals surface area contributed by atoms with Crippen molar-refractivity contribution < 1.29 is 0 Å². The van der Waals surface area contributed by atoms with Crippen LogP contribution in [0.5, 0.6) is 0 Å². The minimum atomic E-state index is 0.208. The van der Waals surface area contributed by atoms with Crippen LogP contribution in [0.2, 0.25) is 0 Å². The minimum Gasteiger partial charge on any atom is -0.309 e. The van der Waals surface area contributed by atoms with Crippen LogP contribution in [0.3, 0.4) is 0 Å². The molecule has 2 heterocycles. The molecule has 0 aliphatic carbocycles. The summed E-state index contributed by atoms with van der Waals surface area (Å²) in [7, 11) is 2.22. The zero-order chi connectivity index (χ0) is 19.2. The summed E-state index contributed by atoms with van der Waals surface area (Å²) in [6, 6.07) is 8.62. The Bertz CT molecular complexity index is 708. The van der Waals surface area contributed by atoms with Crippen molar-refractivity contribution >= 4 is 0 Å². The molecule has 1 aliphatic rings. The fourth-order valence-corrected chi connectivity index (χ4v) is 3.71. The van der Waals surface area contributed by atoms with Crippen molar-refractivity contribution in [3.8, 4) is 5.69 Å². The van der Waals surface area contributed by atoms with Gasteiger partial charge in [-0.1, -0.05) is 22.9 Å². The van der Waals surface area contributed by atoms with Gasteiger partial charge in [0.15, 0.2) is 0 Å². The highest BCUT2D eigenvalue weighted by atomic mass is 15.4. The van der Waals surface area contributed by atoms with Gasteiger partial charge in [-0.2, -0.15) is 0 Å². The van der Waals surface area contributed by atoms with Crippen LogP contribution in [0, 0.1) is 13.8 Å². The Morgan fingerprint density at radius 3 is 2.63 bits per heavy atom. The number of benzene rings is 1. The number of hydrogen-bond acceptors (Lipinski definition) is 5. The van der Waals surface area contributed by atoms with E-state index in [1.165, 1.54) is 51.1 Å². The predicted molar refractivity (Wildman–Crippen MR) is 110 cm³/mol. The van der Waals surface area contributed by atoms with Crippen LogP contribution in [0.15, 0.2) is 24.3 Å². The van der Waals surface area contributed by atoms with Gasteiger partial charge >= 0.3 is 0 Å². The lowest BCUT2D eigenvalue weighted by atomic mass is 10.2. The molecule has 0 spiro atoms. The van der Waals surface area contributed by atoms with E-state index >= 15 is 0 Å². The summed E-state index contributed by atoms with van der Waals surface area (Å²) in [5, 5.41) is 12.4. The van der Waals surface area contributed by atoms with Crippen LogP contribution in [-0.2, 0) is 0 Å². The van der Waals surface area contributed by atoms with Gasteiger partial charge in [-0.05, 0) is 79.0 Å². The topological polar surface area (TPSA) is 49.2 Å². The van der Waals surface area contributed by atoms with Crippen molar-refractivity contribution in [3.05, 3.63) is 41.2 Å². The fourth-order valence-electron chi connectivity index (χ4n) is 3.71. The zero-order valence-corrected chi connectivity index (χ0v) is 17.3. The van der Waals surface area contributed by atoms with E-state index in [2.05, 4.69) is 77.5 Å². The highest BCUT2D eigenvalue weighted by molar-refractivity contribution is 5.35. The van der Waals surface area contributed by atoms with Gasteiger partial charge in [0.25, 0.3) is 0 Å². The third-order valence-electron chi connectivity index (χ3n) is 5.53. The summed E-state index contributed by atoms with van der Waals surface area (Å²) in [4.78, 5) is 5.02. The van der Waals surface area contributed by atoms with Gasteiger partial charge in [0, 0.05) is 13.1 Å². The van der Waals surface area contributed by atoms with Crippen LogP contribution in [0.25, 0.3) is 5.69 Å². The molecule has 148 valence electrons. The monoisotopic (exact) mass is 370 g/mol. The fraction of sp³-hybridized carbons (Fsp3) is 0.619. The molecular formula is C21H34N6. The van der Waals surface area contributed by atoms with E-state index in [0.717, 1.165) is 23.6 Å². The first kappa shape index (κ1) is 20.0. The third-order valence-corrected chi connectivity index (χ3v) is 5.53. The summed E-state index contributed by atoms with van der Waals surface area (Å²) < 4.78 is 1.93. The SMILES string of the molecule is Cc1ccc(-n2nnc(C(C)NCCCN3CCCN(C)CC3)c2C)cc1. The molecule has 1 aromatic carbocycles. The van der Waals surface area contributed by atoms with E-state index in [0.29, 0.717) is 0 Å². The van der Waals surface area contributed by atoms with Crippen molar-refractivity contribution in [2.24, 2.45) is 0 Å². The number of likely N-dealkylation sites (N-methyl/N-ethyl adjacent to an activating group) is 1. The minimum absolute atomic E-state index is 0.208. The Balaban J connectivity index is 1.48. The van der Waals surface area contributed by atoms with Crippen molar-refractivity contribution in [1.82, 2.24) is 30.1 Å². The van der Waals surface area contributed by atoms with Crippen LogP contribution >= 0.6 is 0 Å². The number of aromatic nitrogens is 3. The summed E-state index contributed by atoms with van der Waals surface area (Å²) in [6.45, 7) is 13.4. The van der Waals surface area contributed by atoms with Gasteiger partial charge in [-0.25, -0.2) is 4.68 Å². The molecule has 1 aromatic heterocycles. The molecule has 1 fully saturated rings. The number of hydrogen-bond donors (Lipinski definition) is 1. The molecule has 6 nitrogen and oxygen atoms in total. The second kappa shape index (κ2) is 9.44. The molecule has 1 atom stereocenters. The van der Waals surface area contributed by atoms with E-state index in [-0.39, 0.29) is 6.04 Å². The summed E-state index contributed by atoms with van der Waals surface area (Å²) in [5.74, 6) is 0. The lowest BCUT2D eigenvalue weighted by molar-refractivity contribution is 0.271.